The molecule has 0 spiro atoms. The molecule has 0 saturated carbocycles. The second kappa shape index (κ2) is 4.54. The van der Waals surface area contributed by atoms with Crippen LogP contribution in [0.4, 0.5) is 0 Å². The van der Waals surface area contributed by atoms with Crippen LogP contribution in [0.2, 0.25) is 5.15 Å². The Balaban J connectivity index is 2.38. The van der Waals surface area contributed by atoms with Crippen molar-refractivity contribution in [3.8, 4) is 16.9 Å². The molecule has 3 heteroatoms. The molecule has 16 heavy (non-hydrogen) atoms. The molecule has 0 bridgehead atoms. The summed E-state index contributed by atoms with van der Waals surface area (Å²) in [5.74, 6) is 0.849. The maximum Gasteiger partial charge on any atom is 0.131 e. The van der Waals surface area contributed by atoms with E-state index in [4.69, 9.17) is 16.3 Å². The highest BCUT2D eigenvalue weighted by Gasteiger charge is 2.02. The summed E-state index contributed by atoms with van der Waals surface area (Å²) in [7, 11) is 1.66. The average Bonchev–Trinajstić information content (AvgIpc) is 2.33. The standard InChI is InChI=1S/C13H12ClNO/c1-9-7-11(8-15-13(9)14)10-3-5-12(16-2)6-4-10/h3-8H,1-2H3. The fourth-order valence-corrected chi connectivity index (χ4v) is 1.60. The van der Waals surface area contributed by atoms with Gasteiger partial charge in [-0.05, 0) is 36.2 Å². The number of rotatable bonds is 2. The Labute approximate surface area is 99.9 Å². The molecule has 0 unspecified atom stereocenters. The normalized spacial score (nSPS) is 10.2. The van der Waals surface area contributed by atoms with E-state index in [1.807, 2.05) is 37.3 Å². The van der Waals surface area contributed by atoms with Gasteiger partial charge in [0.1, 0.15) is 10.9 Å². The molecule has 0 aliphatic carbocycles. The van der Waals surface area contributed by atoms with Crippen molar-refractivity contribution in [2.75, 3.05) is 7.11 Å². The van der Waals surface area contributed by atoms with Crippen LogP contribution < -0.4 is 4.74 Å². The lowest BCUT2D eigenvalue weighted by Crippen LogP contribution is -1.86. The van der Waals surface area contributed by atoms with Crippen LogP contribution >= 0.6 is 11.6 Å². The number of hydrogen-bond donors (Lipinski definition) is 0. The molecule has 1 aromatic heterocycles. The summed E-state index contributed by atoms with van der Waals surface area (Å²) in [5.41, 5.74) is 3.15. The van der Waals surface area contributed by atoms with Gasteiger partial charge in [0.15, 0.2) is 0 Å². The molecule has 0 aliphatic rings. The topological polar surface area (TPSA) is 22.1 Å². The Morgan fingerprint density at radius 2 is 1.81 bits per heavy atom. The minimum atomic E-state index is 0.553. The molecular formula is C13H12ClNO. The minimum absolute atomic E-state index is 0.553. The maximum atomic E-state index is 5.88. The predicted octanol–water partition coefficient (Wildman–Crippen LogP) is 3.72. The first-order chi connectivity index (χ1) is 7.70. The smallest absolute Gasteiger partial charge is 0.131 e. The first kappa shape index (κ1) is 11.0. The highest BCUT2D eigenvalue weighted by molar-refractivity contribution is 6.30. The number of aryl methyl sites for hydroxylation is 1. The van der Waals surface area contributed by atoms with Gasteiger partial charge in [-0.15, -0.1) is 0 Å². The van der Waals surface area contributed by atoms with Gasteiger partial charge in [-0.3, -0.25) is 0 Å². The molecule has 0 aliphatic heterocycles. The van der Waals surface area contributed by atoms with Crippen LogP contribution in [0.3, 0.4) is 0 Å². The van der Waals surface area contributed by atoms with Crippen LogP contribution in [0.15, 0.2) is 36.5 Å². The Morgan fingerprint density at radius 1 is 1.12 bits per heavy atom. The molecule has 0 radical (unpaired) electrons. The van der Waals surface area contributed by atoms with E-state index < -0.39 is 0 Å². The van der Waals surface area contributed by atoms with Gasteiger partial charge in [0.25, 0.3) is 0 Å². The largest absolute Gasteiger partial charge is 0.497 e. The lowest BCUT2D eigenvalue weighted by molar-refractivity contribution is 0.415. The van der Waals surface area contributed by atoms with Crippen molar-refractivity contribution in [2.45, 2.75) is 6.92 Å². The van der Waals surface area contributed by atoms with Crippen LogP contribution in [0.1, 0.15) is 5.56 Å². The molecule has 0 saturated heterocycles. The van der Waals surface area contributed by atoms with E-state index in [2.05, 4.69) is 4.98 Å². The van der Waals surface area contributed by atoms with Crippen molar-refractivity contribution in [2.24, 2.45) is 0 Å². The molecule has 0 atom stereocenters. The highest BCUT2D eigenvalue weighted by atomic mass is 35.5. The SMILES string of the molecule is COc1ccc(-c2cnc(Cl)c(C)c2)cc1. The summed E-state index contributed by atoms with van der Waals surface area (Å²) in [6.45, 7) is 1.95. The van der Waals surface area contributed by atoms with Gasteiger partial charge in [-0.2, -0.15) is 0 Å². The van der Waals surface area contributed by atoms with Gasteiger partial charge >= 0.3 is 0 Å². The molecule has 1 aromatic carbocycles. The quantitative estimate of drug-likeness (QED) is 0.738. The first-order valence-corrected chi connectivity index (χ1v) is 5.35. The number of pyridine rings is 1. The zero-order valence-corrected chi connectivity index (χ0v) is 9.95. The zero-order valence-electron chi connectivity index (χ0n) is 9.20. The minimum Gasteiger partial charge on any atom is -0.497 e. The van der Waals surface area contributed by atoms with E-state index in [9.17, 15) is 0 Å². The van der Waals surface area contributed by atoms with Crippen molar-refractivity contribution >= 4 is 11.6 Å². The van der Waals surface area contributed by atoms with Crippen LogP contribution in [-0.4, -0.2) is 12.1 Å². The first-order valence-electron chi connectivity index (χ1n) is 4.97. The Morgan fingerprint density at radius 3 is 2.38 bits per heavy atom. The van der Waals surface area contributed by atoms with Crippen molar-refractivity contribution in [1.29, 1.82) is 0 Å². The molecule has 2 nitrogen and oxygen atoms in total. The van der Waals surface area contributed by atoms with Gasteiger partial charge in [0.2, 0.25) is 0 Å². The van der Waals surface area contributed by atoms with Crippen molar-refractivity contribution in [1.82, 2.24) is 4.98 Å². The van der Waals surface area contributed by atoms with Crippen LogP contribution in [0.25, 0.3) is 11.1 Å². The molecule has 0 fully saturated rings. The van der Waals surface area contributed by atoms with E-state index in [0.717, 1.165) is 22.4 Å². The molecule has 1 heterocycles. The molecule has 82 valence electrons. The number of nitrogens with zero attached hydrogens (tertiary/aromatic N) is 1. The second-order valence-corrected chi connectivity index (χ2v) is 3.92. The lowest BCUT2D eigenvalue weighted by Gasteiger charge is -2.05. The summed E-state index contributed by atoms with van der Waals surface area (Å²) in [6.07, 6.45) is 1.77. The third-order valence-corrected chi connectivity index (χ3v) is 2.83. The summed E-state index contributed by atoms with van der Waals surface area (Å²) >= 11 is 5.88. The van der Waals surface area contributed by atoms with Gasteiger partial charge < -0.3 is 4.74 Å². The van der Waals surface area contributed by atoms with Crippen LogP contribution in [0, 0.1) is 6.92 Å². The molecule has 2 rings (SSSR count). The third kappa shape index (κ3) is 2.17. The number of halogens is 1. The maximum absolute atomic E-state index is 5.88. The average molecular weight is 234 g/mol. The van der Waals surface area contributed by atoms with Crippen molar-refractivity contribution < 1.29 is 4.74 Å². The summed E-state index contributed by atoms with van der Waals surface area (Å²) < 4.78 is 5.11. The predicted molar refractivity (Wildman–Crippen MR) is 66.0 cm³/mol. The molecule has 0 amide bonds. The second-order valence-electron chi connectivity index (χ2n) is 3.56. The summed E-state index contributed by atoms with van der Waals surface area (Å²) in [5, 5.41) is 0.553. The van der Waals surface area contributed by atoms with Gasteiger partial charge in [-0.25, -0.2) is 4.98 Å². The lowest BCUT2D eigenvalue weighted by atomic mass is 10.1. The molecule has 0 N–H and O–H groups in total. The van der Waals surface area contributed by atoms with Gasteiger partial charge in [0, 0.05) is 11.8 Å². The zero-order chi connectivity index (χ0) is 11.5. The number of hydrogen-bond acceptors (Lipinski definition) is 2. The van der Waals surface area contributed by atoms with Gasteiger partial charge in [0.05, 0.1) is 7.11 Å². The van der Waals surface area contributed by atoms with Crippen LogP contribution in [-0.2, 0) is 0 Å². The third-order valence-electron chi connectivity index (χ3n) is 2.44. The Kier molecular flexibility index (Phi) is 3.11. The highest BCUT2D eigenvalue weighted by Crippen LogP contribution is 2.24. The van der Waals surface area contributed by atoms with E-state index in [0.29, 0.717) is 5.15 Å². The number of methoxy groups -OCH3 is 1. The van der Waals surface area contributed by atoms with Gasteiger partial charge in [-0.1, -0.05) is 23.7 Å². The fourth-order valence-electron chi connectivity index (χ4n) is 1.50. The van der Waals surface area contributed by atoms with E-state index in [1.54, 1.807) is 13.3 Å². The van der Waals surface area contributed by atoms with E-state index in [1.165, 1.54) is 0 Å². The van der Waals surface area contributed by atoms with Crippen LogP contribution in [0.5, 0.6) is 5.75 Å². The van der Waals surface area contributed by atoms with Crippen molar-refractivity contribution in [3.05, 3.63) is 47.2 Å². The van der Waals surface area contributed by atoms with E-state index >= 15 is 0 Å². The number of aromatic nitrogens is 1. The Bertz CT molecular complexity index is 494. The Hall–Kier alpha value is -1.54. The monoisotopic (exact) mass is 233 g/mol. The molecular weight excluding hydrogens is 222 g/mol. The number of benzene rings is 1. The summed E-state index contributed by atoms with van der Waals surface area (Å²) in [4.78, 5) is 4.13. The summed E-state index contributed by atoms with van der Waals surface area (Å²) in [6, 6.07) is 9.89. The molecule has 2 aromatic rings. The fraction of sp³-hybridized carbons (Fsp3) is 0.154. The van der Waals surface area contributed by atoms with E-state index in [-0.39, 0.29) is 0 Å². The van der Waals surface area contributed by atoms with Crippen molar-refractivity contribution in [3.63, 3.8) is 0 Å². The number of ether oxygens (including phenoxy) is 1.